The molecular weight excluding hydrogens is 280 g/mol. The molecule has 0 atom stereocenters. The van der Waals surface area contributed by atoms with Gasteiger partial charge in [0.2, 0.25) is 0 Å². The SMILES string of the molecule is OCC#Cc1ccc(CSc2nc3ccccc3[nH]2)cc1. The van der Waals surface area contributed by atoms with Gasteiger partial charge in [0.1, 0.15) is 6.61 Å². The molecule has 2 aromatic carbocycles. The van der Waals surface area contributed by atoms with E-state index in [4.69, 9.17) is 5.11 Å². The molecule has 0 aliphatic rings. The molecule has 0 bridgehead atoms. The largest absolute Gasteiger partial charge is 0.384 e. The maximum absolute atomic E-state index is 8.66. The number of rotatable bonds is 3. The van der Waals surface area contributed by atoms with E-state index in [-0.39, 0.29) is 6.61 Å². The number of aromatic nitrogens is 2. The first kappa shape index (κ1) is 13.7. The lowest BCUT2D eigenvalue weighted by atomic mass is 10.1. The molecule has 0 aliphatic heterocycles. The van der Waals surface area contributed by atoms with Crippen LogP contribution in [0.3, 0.4) is 0 Å². The molecule has 0 radical (unpaired) electrons. The van der Waals surface area contributed by atoms with Gasteiger partial charge in [0.05, 0.1) is 11.0 Å². The molecule has 0 saturated carbocycles. The van der Waals surface area contributed by atoms with Crippen LogP contribution in [-0.4, -0.2) is 21.7 Å². The predicted molar refractivity (Wildman–Crippen MR) is 86.1 cm³/mol. The van der Waals surface area contributed by atoms with Crippen LogP contribution in [0.2, 0.25) is 0 Å². The van der Waals surface area contributed by atoms with Crippen molar-refractivity contribution in [2.75, 3.05) is 6.61 Å². The number of imidazole rings is 1. The predicted octanol–water partition coefficient (Wildman–Crippen LogP) is 3.20. The Kier molecular flexibility index (Phi) is 4.25. The highest BCUT2D eigenvalue weighted by Gasteiger charge is 2.03. The van der Waals surface area contributed by atoms with Gasteiger partial charge in [0.15, 0.2) is 5.16 Å². The van der Waals surface area contributed by atoms with Gasteiger partial charge < -0.3 is 10.1 Å². The summed E-state index contributed by atoms with van der Waals surface area (Å²) in [4.78, 5) is 7.85. The number of aliphatic hydroxyl groups is 1. The minimum Gasteiger partial charge on any atom is -0.384 e. The van der Waals surface area contributed by atoms with Crippen molar-refractivity contribution in [3.63, 3.8) is 0 Å². The molecule has 1 aromatic heterocycles. The molecule has 104 valence electrons. The van der Waals surface area contributed by atoms with Crippen LogP contribution in [0.15, 0.2) is 53.7 Å². The van der Waals surface area contributed by atoms with Gasteiger partial charge in [-0.3, -0.25) is 0 Å². The maximum Gasteiger partial charge on any atom is 0.166 e. The summed E-state index contributed by atoms with van der Waals surface area (Å²) < 4.78 is 0. The lowest BCUT2D eigenvalue weighted by Gasteiger charge is -1.99. The smallest absolute Gasteiger partial charge is 0.166 e. The fraction of sp³-hybridized carbons (Fsp3) is 0.118. The van der Waals surface area contributed by atoms with Gasteiger partial charge in [-0.1, -0.05) is 47.9 Å². The molecule has 3 nitrogen and oxygen atoms in total. The van der Waals surface area contributed by atoms with E-state index in [0.29, 0.717) is 0 Å². The molecule has 0 saturated heterocycles. The fourth-order valence-electron chi connectivity index (χ4n) is 1.98. The Bertz CT molecular complexity index is 764. The van der Waals surface area contributed by atoms with Crippen molar-refractivity contribution in [1.82, 2.24) is 9.97 Å². The molecule has 0 aliphatic carbocycles. The first-order valence-electron chi connectivity index (χ1n) is 6.61. The molecule has 3 rings (SSSR count). The average Bonchev–Trinajstić information content (AvgIpc) is 2.95. The number of benzene rings is 2. The van der Waals surface area contributed by atoms with E-state index in [1.807, 2.05) is 36.4 Å². The van der Waals surface area contributed by atoms with Crippen molar-refractivity contribution in [2.24, 2.45) is 0 Å². The Morgan fingerprint density at radius 3 is 2.67 bits per heavy atom. The van der Waals surface area contributed by atoms with Crippen molar-refractivity contribution in [3.8, 4) is 11.8 Å². The van der Waals surface area contributed by atoms with Crippen LogP contribution < -0.4 is 0 Å². The number of hydrogen-bond acceptors (Lipinski definition) is 3. The van der Waals surface area contributed by atoms with Crippen LogP contribution in [0.25, 0.3) is 11.0 Å². The molecule has 3 aromatic rings. The van der Waals surface area contributed by atoms with E-state index >= 15 is 0 Å². The van der Waals surface area contributed by atoms with Crippen molar-refractivity contribution < 1.29 is 5.11 Å². The van der Waals surface area contributed by atoms with Gasteiger partial charge in [-0.05, 0) is 29.8 Å². The number of nitrogens with one attached hydrogen (secondary N) is 1. The van der Waals surface area contributed by atoms with Gasteiger partial charge >= 0.3 is 0 Å². The number of thioether (sulfide) groups is 1. The summed E-state index contributed by atoms with van der Waals surface area (Å²) in [5, 5.41) is 9.60. The number of fused-ring (bicyclic) bond motifs is 1. The molecule has 1 heterocycles. The summed E-state index contributed by atoms with van der Waals surface area (Å²) in [7, 11) is 0. The molecule has 4 heteroatoms. The van der Waals surface area contributed by atoms with Crippen molar-refractivity contribution in [1.29, 1.82) is 0 Å². The third-order valence-electron chi connectivity index (χ3n) is 3.01. The molecule has 0 amide bonds. The Balaban J connectivity index is 1.66. The molecular formula is C17H14N2OS. The van der Waals surface area contributed by atoms with Gasteiger partial charge in [-0.15, -0.1) is 0 Å². The highest BCUT2D eigenvalue weighted by Crippen LogP contribution is 2.22. The van der Waals surface area contributed by atoms with E-state index in [1.165, 1.54) is 5.56 Å². The topological polar surface area (TPSA) is 48.9 Å². The summed E-state index contributed by atoms with van der Waals surface area (Å²) in [6, 6.07) is 16.1. The summed E-state index contributed by atoms with van der Waals surface area (Å²) in [5.74, 6) is 6.38. The molecule has 2 N–H and O–H groups in total. The second kappa shape index (κ2) is 6.49. The number of aliphatic hydroxyl groups excluding tert-OH is 1. The van der Waals surface area contributed by atoms with Gasteiger partial charge in [0.25, 0.3) is 0 Å². The van der Waals surface area contributed by atoms with Crippen LogP contribution in [0.1, 0.15) is 11.1 Å². The van der Waals surface area contributed by atoms with Crippen molar-refractivity contribution in [2.45, 2.75) is 10.9 Å². The zero-order chi connectivity index (χ0) is 14.5. The third kappa shape index (κ3) is 3.46. The monoisotopic (exact) mass is 294 g/mol. The first-order chi connectivity index (χ1) is 10.3. The zero-order valence-electron chi connectivity index (χ0n) is 11.3. The minimum atomic E-state index is -0.107. The van der Waals surface area contributed by atoms with Gasteiger partial charge in [0, 0.05) is 11.3 Å². The van der Waals surface area contributed by atoms with Crippen LogP contribution in [0.4, 0.5) is 0 Å². The minimum absolute atomic E-state index is 0.107. The van der Waals surface area contributed by atoms with Crippen molar-refractivity contribution >= 4 is 22.8 Å². The number of aromatic amines is 1. The molecule has 0 spiro atoms. The molecule has 0 fully saturated rings. The zero-order valence-corrected chi connectivity index (χ0v) is 12.2. The highest BCUT2D eigenvalue weighted by molar-refractivity contribution is 7.98. The summed E-state index contributed by atoms with van der Waals surface area (Å²) >= 11 is 1.68. The number of nitrogens with zero attached hydrogens (tertiary/aromatic N) is 1. The summed E-state index contributed by atoms with van der Waals surface area (Å²) in [5.41, 5.74) is 4.20. The Hall–Kier alpha value is -2.22. The summed E-state index contributed by atoms with van der Waals surface area (Å²) in [6.45, 7) is -0.107. The van der Waals surface area contributed by atoms with E-state index < -0.39 is 0 Å². The normalized spacial score (nSPS) is 10.3. The van der Waals surface area contributed by atoms with E-state index in [2.05, 4.69) is 33.9 Å². The quantitative estimate of drug-likeness (QED) is 0.576. The van der Waals surface area contributed by atoms with Crippen LogP contribution in [0, 0.1) is 11.8 Å². The van der Waals surface area contributed by atoms with E-state index in [0.717, 1.165) is 27.5 Å². The fourth-order valence-corrected chi connectivity index (χ4v) is 2.82. The van der Waals surface area contributed by atoms with E-state index in [9.17, 15) is 0 Å². The van der Waals surface area contributed by atoms with Crippen LogP contribution in [-0.2, 0) is 5.75 Å². The third-order valence-corrected chi connectivity index (χ3v) is 3.95. The van der Waals surface area contributed by atoms with Crippen LogP contribution >= 0.6 is 11.8 Å². The number of para-hydroxylation sites is 2. The Morgan fingerprint density at radius 2 is 1.90 bits per heavy atom. The lowest BCUT2D eigenvalue weighted by molar-refractivity contribution is 0.350. The van der Waals surface area contributed by atoms with Gasteiger partial charge in [-0.2, -0.15) is 0 Å². The standard InChI is InChI=1S/C17H14N2OS/c20-11-3-4-13-7-9-14(10-8-13)12-21-17-18-15-5-1-2-6-16(15)19-17/h1-2,5-10,20H,11-12H2,(H,18,19). The van der Waals surface area contributed by atoms with Gasteiger partial charge in [-0.25, -0.2) is 4.98 Å². The number of hydrogen-bond donors (Lipinski definition) is 2. The number of H-pyrrole nitrogens is 1. The average molecular weight is 294 g/mol. The second-order valence-corrected chi connectivity index (χ2v) is 5.47. The highest BCUT2D eigenvalue weighted by atomic mass is 32.2. The molecule has 0 unspecified atom stereocenters. The van der Waals surface area contributed by atoms with Crippen molar-refractivity contribution in [3.05, 3.63) is 59.7 Å². The maximum atomic E-state index is 8.66. The summed E-state index contributed by atoms with van der Waals surface area (Å²) in [6.07, 6.45) is 0. The van der Waals surface area contributed by atoms with Crippen LogP contribution in [0.5, 0.6) is 0 Å². The first-order valence-corrected chi connectivity index (χ1v) is 7.60. The Labute approximate surface area is 127 Å². The van der Waals surface area contributed by atoms with E-state index in [1.54, 1.807) is 11.8 Å². The lowest BCUT2D eigenvalue weighted by Crippen LogP contribution is -1.83. The second-order valence-electron chi connectivity index (χ2n) is 4.50. The molecule has 21 heavy (non-hydrogen) atoms. The Morgan fingerprint density at radius 1 is 1.10 bits per heavy atom.